The van der Waals surface area contributed by atoms with Gasteiger partial charge < -0.3 is 25.8 Å². The Bertz CT molecular complexity index is 2170. The monoisotopic (exact) mass is 726 g/mol. The molecule has 2 aromatic carbocycles. The summed E-state index contributed by atoms with van der Waals surface area (Å²) in [6, 6.07) is 19.3. The van der Waals surface area contributed by atoms with Crippen molar-refractivity contribution in [2.45, 2.75) is 57.3 Å². The van der Waals surface area contributed by atoms with Gasteiger partial charge in [0.05, 0.1) is 28.5 Å². The van der Waals surface area contributed by atoms with Crippen LogP contribution in [0.25, 0.3) is 39.2 Å². The molecule has 51 heavy (non-hydrogen) atoms. The quantitative estimate of drug-likeness (QED) is 0.116. The zero-order valence-electron chi connectivity index (χ0n) is 28.5. The summed E-state index contributed by atoms with van der Waals surface area (Å²) < 4.78 is 7.17. The van der Waals surface area contributed by atoms with Crippen molar-refractivity contribution in [3.8, 4) is 39.4 Å². The first kappa shape index (κ1) is 35.1. The second-order valence-corrected chi connectivity index (χ2v) is 14.4. The van der Waals surface area contributed by atoms with Crippen LogP contribution < -0.4 is 26.2 Å². The molecule has 4 heterocycles. The van der Waals surface area contributed by atoms with E-state index in [0.717, 1.165) is 52.6 Å². The van der Waals surface area contributed by atoms with Crippen molar-refractivity contribution in [1.29, 1.82) is 0 Å². The molecule has 1 saturated carbocycles. The first-order chi connectivity index (χ1) is 24.6. The fourth-order valence-corrected chi connectivity index (χ4v) is 7.41. The molecular weight excluding hydrogens is 687 g/mol. The van der Waals surface area contributed by atoms with Gasteiger partial charge in [0.1, 0.15) is 5.65 Å². The molecule has 2 aliphatic rings. The highest BCUT2D eigenvalue weighted by Gasteiger charge is 2.39. The number of fused-ring (bicyclic) bond motifs is 1. The van der Waals surface area contributed by atoms with Gasteiger partial charge in [-0.15, -0.1) is 0 Å². The zero-order chi connectivity index (χ0) is 35.7. The number of ether oxygens (including phenoxy) is 1. The molecule has 12 heteroatoms. The number of aliphatic hydroxyl groups is 1. The number of benzene rings is 2. The van der Waals surface area contributed by atoms with E-state index in [-0.39, 0.29) is 17.5 Å². The highest BCUT2D eigenvalue weighted by molar-refractivity contribution is 6.39. The number of carbonyl (C=O) groups is 1. The number of methoxy groups -OCH3 is 1. The van der Waals surface area contributed by atoms with E-state index in [4.69, 9.17) is 32.9 Å². The second-order valence-electron chi connectivity index (χ2n) is 13.6. The third-order valence-electron chi connectivity index (χ3n) is 9.83. The molecule has 4 N–H and O–H groups in total. The summed E-state index contributed by atoms with van der Waals surface area (Å²) in [5, 5.41) is 21.2. The summed E-state index contributed by atoms with van der Waals surface area (Å²) in [5.74, 6) is 0.902. The van der Waals surface area contributed by atoms with Crippen molar-refractivity contribution >= 4 is 34.8 Å². The molecule has 1 amide bonds. The Kier molecular flexibility index (Phi) is 10.1. The Hall–Kier alpha value is -4.32. The third kappa shape index (κ3) is 7.52. The van der Waals surface area contributed by atoms with Crippen LogP contribution in [0.15, 0.2) is 77.9 Å². The number of rotatable bonds is 13. The lowest BCUT2D eigenvalue weighted by Crippen LogP contribution is -2.40. The molecule has 1 aliphatic carbocycles. The summed E-state index contributed by atoms with van der Waals surface area (Å²) in [7, 11) is 1.59. The maximum Gasteiger partial charge on any atom is 0.262 e. The molecule has 0 bridgehead atoms. The van der Waals surface area contributed by atoms with E-state index < -0.39 is 5.60 Å². The average Bonchev–Trinajstić information content (AvgIpc) is 3.92. The van der Waals surface area contributed by atoms with Gasteiger partial charge in [0.15, 0.2) is 0 Å². The first-order valence-corrected chi connectivity index (χ1v) is 17.9. The van der Waals surface area contributed by atoms with Crippen LogP contribution in [0.4, 0.5) is 0 Å². The minimum atomic E-state index is -0.777. The first-order valence-electron chi connectivity index (χ1n) is 17.2. The summed E-state index contributed by atoms with van der Waals surface area (Å²) >= 11 is 14.2. The van der Waals surface area contributed by atoms with Crippen LogP contribution in [0.5, 0.6) is 5.88 Å². The predicted octanol–water partition coefficient (Wildman–Crippen LogP) is 6.02. The van der Waals surface area contributed by atoms with Crippen molar-refractivity contribution in [1.82, 2.24) is 30.3 Å². The number of halogens is 2. The Morgan fingerprint density at radius 2 is 1.65 bits per heavy atom. The van der Waals surface area contributed by atoms with E-state index >= 15 is 0 Å². The van der Waals surface area contributed by atoms with Crippen LogP contribution >= 0.6 is 23.2 Å². The minimum Gasteiger partial charge on any atom is -0.481 e. The lowest BCUT2D eigenvalue weighted by atomic mass is 9.97. The van der Waals surface area contributed by atoms with Crippen molar-refractivity contribution in [2.24, 2.45) is 5.92 Å². The van der Waals surface area contributed by atoms with Gasteiger partial charge >= 0.3 is 0 Å². The van der Waals surface area contributed by atoms with E-state index in [2.05, 4.69) is 20.9 Å². The van der Waals surface area contributed by atoms with Crippen molar-refractivity contribution in [3.05, 3.63) is 105 Å². The molecule has 1 aliphatic heterocycles. The van der Waals surface area contributed by atoms with E-state index in [1.165, 1.54) is 4.40 Å². The molecule has 7 rings (SSSR count). The van der Waals surface area contributed by atoms with Crippen LogP contribution in [0, 0.1) is 5.92 Å². The summed E-state index contributed by atoms with van der Waals surface area (Å²) in [4.78, 5) is 34.2. The highest BCUT2D eigenvalue weighted by Crippen LogP contribution is 2.42. The Balaban J connectivity index is 1.11. The molecule has 5 aromatic rings. The minimum absolute atomic E-state index is 0.0936. The van der Waals surface area contributed by atoms with Crippen LogP contribution in [-0.4, -0.2) is 57.2 Å². The van der Waals surface area contributed by atoms with Gasteiger partial charge in [-0.25, -0.2) is 9.97 Å². The maximum atomic E-state index is 13.3. The molecule has 0 spiro atoms. The van der Waals surface area contributed by atoms with Gasteiger partial charge in [0.2, 0.25) is 11.8 Å². The molecule has 0 unspecified atom stereocenters. The lowest BCUT2D eigenvalue weighted by molar-refractivity contribution is -0.119. The number of nitrogens with zero attached hydrogens (tertiary/aromatic N) is 3. The van der Waals surface area contributed by atoms with Gasteiger partial charge in [0.25, 0.3) is 5.56 Å². The molecule has 2 fully saturated rings. The summed E-state index contributed by atoms with van der Waals surface area (Å²) in [5.41, 5.74) is 5.44. The molecule has 2 atom stereocenters. The van der Waals surface area contributed by atoms with Crippen molar-refractivity contribution < 1.29 is 14.6 Å². The number of nitrogens with one attached hydrogen (secondary N) is 3. The molecule has 3 aromatic heterocycles. The van der Waals surface area contributed by atoms with Gasteiger partial charge in [0, 0.05) is 84.4 Å². The molecule has 0 radical (unpaired) electrons. The van der Waals surface area contributed by atoms with Gasteiger partial charge in [-0.2, -0.15) is 0 Å². The second kappa shape index (κ2) is 14.7. The molecule has 1 saturated heterocycles. The van der Waals surface area contributed by atoms with E-state index in [1.807, 2.05) is 67.6 Å². The van der Waals surface area contributed by atoms with Crippen molar-refractivity contribution in [3.63, 3.8) is 0 Å². The van der Waals surface area contributed by atoms with E-state index in [1.54, 1.807) is 19.5 Å². The maximum absolute atomic E-state index is 13.3. The predicted molar refractivity (Wildman–Crippen MR) is 200 cm³/mol. The molecule has 264 valence electrons. The van der Waals surface area contributed by atoms with Gasteiger partial charge in [-0.1, -0.05) is 65.7 Å². The average molecular weight is 728 g/mol. The van der Waals surface area contributed by atoms with E-state index in [0.29, 0.717) is 71.3 Å². The van der Waals surface area contributed by atoms with Gasteiger partial charge in [-0.3, -0.25) is 14.0 Å². The topological polar surface area (TPSA) is 130 Å². The summed E-state index contributed by atoms with van der Waals surface area (Å²) in [6.45, 7) is 3.79. The SMILES string of the molecule is COc1nc(-c2cccc(-c3cccc(-c4ccn5c(=O)c(CNC[C@](C)(O)C6CC6)cnc5c4)c3Cl)c2Cl)ccc1CNC[C@@H]1CCC(=O)N1. The highest BCUT2D eigenvalue weighted by atomic mass is 35.5. The number of carbonyl (C=O) groups excluding carboxylic acids is 1. The number of hydrogen-bond acceptors (Lipinski definition) is 8. The smallest absolute Gasteiger partial charge is 0.262 e. The Morgan fingerprint density at radius 3 is 2.35 bits per heavy atom. The van der Waals surface area contributed by atoms with Crippen LogP contribution in [-0.2, 0) is 17.9 Å². The van der Waals surface area contributed by atoms with Crippen molar-refractivity contribution in [2.75, 3.05) is 20.2 Å². The molecular formula is C39H40Cl2N6O4. The van der Waals surface area contributed by atoms with Crippen LogP contribution in [0.3, 0.4) is 0 Å². The van der Waals surface area contributed by atoms with Crippen LogP contribution in [0.2, 0.25) is 10.0 Å². The Morgan fingerprint density at radius 1 is 0.941 bits per heavy atom. The largest absolute Gasteiger partial charge is 0.481 e. The molecule has 10 nitrogen and oxygen atoms in total. The fourth-order valence-electron chi connectivity index (χ4n) is 6.74. The number of amides is 1. The van der Waals surface area contributed by atoms with E-state index in [9.17, 15) is 14.7 Å². The lowest BCUT2D eigenvalue weighted by Gasteiger charge is -2.23. The zero-order valence-corrected chi connectivity index (χ0v) is 30.0. The van der Waals surface area contributed by atoms with Crippen LogP contribution in [0.1, 0.15) is 43.7 Å². The van der Waals surface area contributed by atoms with Gasteiger partial charge in [-0.05, 0) is 55.9 Å². The number of aromatic nitrogens is 3. The summed E-state index contributed by atoms with van der Waals surface area (Å²) in [6.07, 6.45) is 6.77. The number of hydrogen-bond donors (Lipinski definition) is 4. The Labute approximate surface area is 306 Å². The number of pyridine rings is 2. The standard InChI is InChI=1S/C39H40Cl2N6O4/c1-39(50,26-10-11-26)22-43-19-25-20-44-33-17-23(15-16-47(33)38(25)49)28-5-3-6-29(35(28)40)30-7-4-8-31(36(30)41)32-13-9-24(37(46-32)51-2)18-42-21-27-12-14-34(48)45-27/h3-9,13,15-17,20,26-27,42-43,50H,10-12,14,18-19,21-22H2,1-2H3,(H,45,48)/t27-,39-/m0/s1. The normalized spacial score (nSPS) is 17.0. The fraction of sp³-hybridized carbons (Fsp3) is 0.333. The third-order valence-corrected chi connectivity index (χ3v) is 10.6.